The molecule has 8 heteroatoms. The van der Waals surface area contributed by atoms with Crippen molar-refractivity contribution in [2.75, 3.05) is 0 Å². The summed E-state index contributed by atoms with van der Waals surface area (Å²) in [5, 5.41) is 10.2. The van der Waals surface area contributed by atoms with Gasteiger partial charge < -0.3 is 0 Å². The van der Waals surface area contributed by atoms with Crippen molar-refractivity contribution in [3.8, 4) is 0 Å². The Bertz CT molecular complexity index is 719. The maximum Gasteiger partial charge on any atom is 0.295 e. The van der Waals surface area contributed by atoms with Crippen LogP contribution in [-0.4, -0.2) is 19.8 Å². The summed E-state index contributed by atoms with van der Waals surface area (Å²) in [6.45, 7) is 1.61. The molecule has 0 saturated heterocycles. The Morgan fingerprint density at radius 1 is 1.33 bits per heavy atom. The molecule has 0 amide bonds. The molecule has 3 heterocycles. The summed E-state index contributed by atoms with van der Waals surface area (Å²) in [5.41, 5.74) is 0.156. The van der Waals surface area contributed by atoms with Crippen LogP contribution in [0.15, 0.2) is 35.4 Å². The van der Waals surface area contributed by atoms with E-state index in [2.05, 4.69) is 20.3 Å². The lowest BCUT2D eigenvalue weighted by molar-refractivity contribution is -0.377. The molecule has 0 bridgehead atoms. The first kappa shape index (κ1) is 12.5. The molecular formula is C10H10N5OS2+. The molecule has 0 atom stereocenters. The molecule has 0 saturated carbocycles. The zero-order valence-electron chi connectivity index (χ0n) is 9.45. The van der Waals surface area contributed by atoms with E-state index in [1.165, 1.54) is 15.9 Å². The number of rotatable bonds is 0. The smallest absolute Gasteiger partial charge is 0.270 e. The molecule has 2 N–H and O–H groups in total. The summed E-state index contributed by atoms with van der Waals surface area (Å²) >= 11 is 6.07. The Hall–Kier alpha value is -1.93. The monoisotopic (exact) mass is 280 g/mol. The van der Waals surface area contributed by atoms with Gasteiger partial charge in [0.15, 0.2) is 16.3 Å². The standard InChI is InChI=1S/C5H4N4OS2.C5H5N/c1-2-3(10)9-4(7-6-2)12-5(11)8-9;1-2-4-6-5-3-1/h1H3,(H,8,11);1-5H/p+1. The van der Waals surface area contributed by atoms with Crippen molar-refractivity contribution in [1.29, 1.82) is 0 Å². The van der Waals surface area contributed by atoms with Crippen LogP contribution in [0.1, 0.15) is 5.69 Å². The van der Waals surface area contributed by atoms with E-state index >= 15 is 0 Å². The van der Waals surface area contributed by atoms with Crippen LogP contribution >= 0.6 is 23.6 Å². The highest BCUT2D eigenvalue weighted by molar-refractivity contribution is 7.73. The van der Waals surface area contributed by atoms with E-state index in [9.17, 15) is 4.79 Å². The van der Waals surface area contributed by atoms with Gasteiger partial charge in [-0.1, -0.05) is 17.4 Å². The second-order valence-electron chi connectivity index (χ2n) is 3.29. The molecule has 0 fully saturated rings. The van der Waals surface area contributed by atoms with Gasteiger partial charge in [-0.05, 0) is 19.1 Å². The average Bonchev–Trinajstić information content (AvgIpc) is 2.79. The molecule has 0 aliphatic heterocycles. The largest absolute Gasteiger partial charge is 0.295 e. The minimum atomic E-state index is -0.202. The van der Waals surface area contributed by atoms with E-state index in [1.54, 1.807) is 6.92 Å². The van der Waals surface area contributed by atoms with Crippen molar-refractivity contribution in [1.82, 2.24) is 19.8 Å². The van der Waals surface area contributed by atoms with Crippen molar-refractivity contribution in [2.24, 2.45) is 0 Å². The first-order valence-corrected chi connectivity index (χ1v) is 6.27. The van der Waals surface area contributed by atoms with Gasteiger partial charge in [0, 0.05) is 12.1 Å². The third-order valence-corrected chi connectivity index (χ3v) is 3.05. The van der Waals surface area contributed by atoms with Crippen LogP contribution in [0.2, 0.25) is 0 Å². The van der Waals surface area contributed by atoms with E-state index in [4.69, 9.17) is 12.2 Å². The zero-order chi connectivity index (χ0) is 13.0. The Kier molecular flexibility index (Phi) is 3.90. The Labute approximate surface area is 111 Å². The minimum absolute atomic E-state index is 0.202. The quantitative estimate of drug-likeness (QED) is 0.624. The van der Waals surface area contributed by atoms with E-state index < -0.39 is 0 Å². The average molecular weight is 280 g/mol. The number of fused-ring (bicyclic) bond motifs is 1. The number of nitrogens with zero attached hydrogens (tertiary/aromatic N) is 3. The molecule has 0 radical (unpaired) electrons. The van der Waals surface area contributed by atoms with Crippen molar-refractivity contribution >= 4 is 28.5 Å². The lowest BCUT2D eigenvalue weighted by Crippen LogP contribution is -2.19. The van der Waals surface area contributed by atoms with Crippen LogP contribution in [0.3, 0.4) is 0 Å². The van der Waals surface area contributed by atoms with Gasteiger partial charge in [-0.15, -0.1) is 10.2 Å². The summed E-state index contributed by atoms with van der Waals surface area (Å²) in [7, 11) is 0. The molecule has 0 aliphatic rings. The number of aromatic amines is 2. The highest BCUT2D eigenvalue weighted by Gasteiger charge is 2.03. The molecule has 18 heavy (non-hydrogen) atoms. The van der Waals surface area contributed by atoms with Gasteiger partial charge in [0.05, 0.1) is 0 Å². The fraction of sp³-hybridized carbons (Fsp3) is 0.100. The predicted octanol–water partition coefficient (Wildman–Crippen LogP) is 1.02. The summed E-state index contributed by atoms with van der Waals surface area (Å²) in [4.78, 5) is 14.7. The SMILES string of the molecule is Cc1nnc2sc(=S)[nH]n2c1=O.c1cc[nH+]cc1. The van der Waals surface area contributed by atoms with E-state index in [1.807, 2.05) is 30.6 Å². The summed E-state index contributed by atoms with van der Waals surface area (Å²) in [5.74, 6) is 0. The number of H-pyrrole nitrogens is 2. The van der Waals surface area contributed by atoms with Crippen molar-refractivity contribution in [2.45, 2.75) is 6.92 Å². The molecule has 0 aromatic carbocycles. The number of hydrogen-bond donors (Lipinski definition) is 1. The van der Waals surface area contributed by atoms with Crippen LogP contribution in [-0.2, 0) is 0 Å². The van der Waals surface area contributed by atoms with E-state index in [0.29, 0.717) is 14.6 Å². The summed E-state index contributed by atoms with van der Waals surface area (Å²) in [6, 6.07) is 5.86. The normalized spacial score (nSPS) is 9.83. The van der Waals surface area contributed by atoms with Crippen LogP contribution in [0.4, 0.5) is 0 Å². The van der Waals surface area contributed by atoms with Crippen molar-refractivity contribution in [3.05, 3.63) is 50.6 Å². The topological polar surface area (TPSA) is 77.2 Å². The van der Waals surface area contributed by atoms with Crippen molar-refractivity contribution in [3.63, 3.8) is 0 Å². The molecule has 3 aromatic rings. The van der Waals surface area contributed by atoms with Crippen LogP contribution < -0.4 is 10.5 Å². The van der Waals surface area contributed by atoms with Crippen LogP contribution in [0.25, 0.3) is 4.96 Å². The lowest BCUT2D eigenvalue weighted by Gasteiger charge is -1.89. The highest BCUT2D eigenvalue weighted by Crippen LogP contribution is 2.03. The van der Waals surface area contributed by atoms with E-state index in [0.717, 1.165) is 0 Å². The fourth-order valence-electron chi connectivity index (χ4n) is 1.16. The van der Waals surface area contributed by atoms with Gasteiger partial charge >= 0.3 is 0 Å². The Morgan fingerprint density at radius 3 is 2.61 bits per heavy atom. The van der Waals surface area contributed by atoms with Crippen molar-refractivity contribution < 1.29 is 4.98 Å². The van der Waals surface area contributed by atoms with E-state index in [-0.39, 0.29) is 5.56 Å². The maximum atomic E-state index is 11.3. The number of aromatic nitrogens is 5. The second kappa shape index (κ2) is 5.61. The number of aryl methyl sites for hydroxylation is 1. The Morgan fingerprint density at radius 2 is 2.06 bits per heavy atom. The number of pyridine rings is 1. The molecule has 3 rings (SSSR count). The van der Waals surface area contributed by atoms with Gasteiger partial charge in [0.25, 0.3) is 5.56 Å². The highest BCUT2D eigenvalue weighted by atomic mass is 32.1. The van der Waals surface area contributed by atoms with Gasteiger partial charge in [0.1, 0.15) is 5.69 Å². The molecule has 3 aromatic heterocycles. The summed E-state index contributed by atoms with van der Waals surface area (Å²) in [6.07, 6.45) is 3.75. The summed E-state index contributed by atoms with van der Waals surface area (Å²) < 4.78 is 1.82. The first-order chi connectivity index (χ1) is 8.68. The zero-order valence-corrected chi connectivity index (χ0v) is 11.1. The Balaban J connectivity index is 0.000000169. The molecule has 6 nitrogen and oxygen atoms in total. The van der Waals surface area contributed by atoms with Gasteiger partial charge in [-0.2, -0.15) is 4.52 Å². The first-order valence-electron chi connectivity index (χ1n) is 5.05. The number of hydrogen-bond acceptors (Lipinski definition) is 5. The third-order valence-electron chi connectivity index (χ3n) is 1.98. The molecule has 92 valence electrons. The minimum Gasteiger partial charge on any atom is -0.270 e. The molecule has 0 aliphatic carbocycles. The maximum absolute atomic E-state index is 11.3. The predicted molar refractivity (Wildman–Crippen MR) is 70.1 cm³/mol. The molecule has 0 spiro atoms. The van der Waals surface area contributed by atoms with Crippen LogP contribution in [0.5, 0.6) is 0 Å². The van der Waals surface area contributed by atoms with Crippen LogP contribution in [0, 0.1) is 10.9 Å². The fourth-order valence-corrected chi connectivity index (χ4v) is 2.08. The van der Waals surface area contributed by atoms with Gasteiger partial charge in [-0.25, -0.2) is 4.98 Å². The third kappa shape index (κ3) is 2.84. The molecular weight excluding hydrogens is 270 g/mol. The van der Waals surface area contributed by atoms with Gasteiger partial charge in [0.2, 0.25) is 4.96 Å². The second-order valence-corrected chi connectivity index (χ2v) is 4.93. The van der Waals surface area contributed by atoms with Gasteiger partial charge in [-0.3, -0.25) is 9.89 Å². The number of nitrogens with one attached hydrogen (secondary N) is 2. The lowest BCUT2D eigenvalue weighted by atomic mass is 10.5. The molecule has 0 unspecified atom stereocenters.